The highest BCUT2D eigenvalue weighted by molar-refractivity contribution is 7.62. The molecule has 4 N–H and O–H groups in total. The smallest absolute Gasteiger partial charge is 0.362 e. The van der Waals surface area contributed by atoms with Crippen LogP contribution in [0.4, 0.5) is 28.8 Å². The van der Waals surface area contributed by atoms with Crippen LogP contribution in [0.2, 0.25) is 5.02 Å². The van der Waals surface area contributed by atoms with Crippen LogP contribution in [0.1, 0.15) is 72.9 Å². The molecule has 4 aromatic rings. The summed E-state index contributed by atoms with van der Waals surface area (Å²) in [6.45, 7) is 3.11. The molecule has 0 aliphatic carbocycles. The molecular weight excluding hydrogens is 819 g/mol. The second kappa shape index (κ2) is 19.9. The molecule has 1 aromatic heterocycles. The second-order valence-electron chi connectivity index (χ2n) is 15.0. The third-order valence-electron chi connectivity index (χ3n) is 11.2. The van der Waals surface area contributed by atoms with Crippen molar-refractivity contribution in [2.24, 2.45) is 0 Å². The topological polar surface area (TPSA) is 176 Å². The Morgan fingerprint density at radius 3 is 2.51 bits per heavy atom. The highest BCUT2D eigenvalue weighted by Crippen LogP contribution is 2.47. The number of anilines is 5. The monoisotopic (exact) mass is 868 g/mol. The SMILES string of the molecule is COc1cc(N2CCC(NCCCCCC#Cc3cccc4c3CN(C3CCC(=O)NC3=O)C4=O)CC2)ccc1Nc1ncc(Cl)c(Nc2ccccc2P(=O)(OC)OC)n1. The maximum absolute atomic E-state index is 13.2. The Balaban J connectivity index is 0.843. The van der Waals surface area contributed by atoms with Crippen molar-refractivity contribution in [2.45, 2.75) is 70.0 Å². The molecule has 0 saturated carbocycles. The van der Waals surface area contributed by atoms with E-state index in [-0.39, 0.29) is 29.2 Å². The van der Waals surface area contributed by atoms with E-state index in [9.17, 15) is 18.9 Å². The number of benzene rings is 3. The zero-order chi connectivity index (χ0) is 42.9. The van der Waals surface area contributed by atoms with Crippen molar-refractivity contribution in [1.82, 2.24) is 25.5 Å². The van der Waals surface area contributed by atoms with Gasteiger partial charge in [-0.25, -0.2) is 4.98 Å². The summed E-state index contributed by atoms with van der Waals surface area (Å²) in [5.74, 6) is 6.89. The number of carbonyl (C=O) groups is 3. The standard InChI is InChI=1S/C44H50ClN8O7P/c1-58-38-26-31(17-18-35(38)49-44-47-27-34(45)41(51-44)48-36-15-8-9-16-39(36)61(57,59-2)60-3)52-24-21-30(22-25-52)46-23-10-6-4-5-7-12-29-13-11-14-32-33(29)28-53(43(32)56)37-19-20-40(54)50-42(37)55/h8-9,11,13-18,26-27,30,37,46H,4-6,10,19-25,28H2,1-3H3,(H,50,54,55)(H2,47,48,49,51). The molecule has 4 heterocycles. The maximum Gasteiger partial charge on any atom is 0.362 e. The number of amides is 3. The minimum Gasteiger partial charge on any atom is -0.494 e. The number of rotatable bonds is 16. The van der Waals surface area contributed by atoms with E-state index < -0.39 is 19.5 Å². The summed E-state index contributed by atoms with van der Waals surface area (Å²) in [5, 5.41) is 13.1. The van der Waals surface area contributed by atoms with Crippen LogP contribution in [-0.4, -0.2) is 85.6 Å². The van der Waals surface area contributed by atoms with Crippen LogP contribution >= 0.6 is 19.2 Å². The molecule has 15 nitrogen and oxygen atoms in total. The highest BCUT2D eigenvalue weighted by Gasteiger charge is 2.39. The Kier molecular flexibility index (Phi) is 14.2. The van der Waals surface area contributed by atoms with Gasteiger partial charge in [-0.2, -0.15) is 4.98 Å². The van der Waals surface area contributed by atoms with Crippen LogP contribution in [0.25, 0.3) is 0 Å². The molecule has 7 rings (SSSR count). The van der Waals surface area contributed by atoms with E-state index in [1.54, 1.807) is 42.3 Å². The first-order valence-corrected chi connectivity index (χ1v) is 22.3. The lowest BCUT2D eigenvalue weighted by Crippen LogP contribution is -2.52. The summed E-state index contributed by atoms with van der Waals surface area (Å²) in [7, 11) is 0.728. The molecule has 3 aliphatic rings. The van der Waals surface area contributed by atoms with Crippen molar-refractivity contribution in [3.63, 3.8) is 0 Å². The number of methoxy groups -OCH3 is 1. The van der Waals surface area contributed by atoms with Gasteiger partial charge in [0.15, 0.2) is 5.82 Å². The van der Waals surface area contributed by atoms with Crippen molar-refractivity contribution in [2.75, 3.05) is 56.5 Å². The fraction of sp³-hybridized carbons (Fsp3) is 0.386. The fourth-order valence-corrected chi connectivity index (χ4v) is 9.23. The molecule has 3 amide bonds. The van der Waals surface area contributed by atoms with Crippen LogP contribution in [0.5, 0.6) is 5.75 Å². The van der Waals surface area contributed by atoms with Gasteiger partial charge in [-0.05, 0) is 80.6 Å². The first-order chi connectivity index (χ1) is 29.6. The molecule has 1 unspecified atom stereocenters. The van der Waals surface area contributed by atoms with E-state index in [0.29, 0.717) is 52.8 Å². The molecule has 17 heteroatoms. The van der Waals surface area contributed by atoms with Crippen molar-refractivity contribution < 1.29 is 32.7 Å². The van der Waals surface area contributed by atoms with Gasteiger partial charge in [0.1, 0.15) is 16.8 Å². The molecule has 1 atom stereocenters. The lowest BCUT2D eigenvalue weighted by molar-refractivity contribution is -0.136. The number of imide groups is 1. The highest BCUT2D eigenvalue weighted by atomic mass is 35.5. The lowest BCUT2D eigenvalue weighted by atomic mass is 10.0. The molecule has 3 aliphatic heterocycles. The number of nitrogens with zero attached hydrogens (tertiary/aromatic N) is 4. The number of nitrogens with one attached hydrogen (secondary N) is 4. The average Bonchev–Trinajstić information content (AvgIpc) is 3.62. The molecule has 2 saturated heterocycles. The quantitative estimate of drug-likeness (QED) is 0.0407. The van der Waals surface area contributed by atoms with Crippen LogP contribution in [0.3, 0.4) is 0 Å². The van der Waals surface area contributed by atoms with Gasteiger partial charge in [0.25, 0.3) is 5.91 Å². The average molecular weight is 869 g/mol. The first-order valence-electron chi connectivity index (χ1n) is 20.4. The van der Waals surface area contributed by atoms with Crippen LogP contribution in [0, 0.1) is 11.8 Å². The van der Waals surface area contributed by atoms with Crippen LogP contribution in [0.15, 0.2) is 66.9 Å². The summed E-state index contributed by atoms with van der Waals surface area (Å²) in [6.07, 6.45) is 7.98. The number of fused-ring (bicyclic) bond motifs is 1. The van der Waals surface area contributed by atoms with Gasteiger partial charge in [0.05, 0.1) is 30.0 Å². The normalized spacial score (nSPS) is 16.8. The van der Waals surface area contributed by atoms with Crippen molar-refractivity contribution in [1.29, 1.82) is 0 Å². The van der Waals surface area contributed by atoms with Crippen molar-refractivity contribution in [3.8, 4) is 17.6 Å². The maximum atomic E-state index is 13.2. The summed E-state index contributed by atoms with van der Waals surface area (Å²) >= 11 is 6.47. The number of aromatic nitrogens is 2. The van der Waals surface area contributed by atoms with Gasteiger partial charge >= 0.3 is 7.60 Å². The third kappa shape index (κ3) is 10.2. The molecule has 0 radical (unpaired) electrons. The summed E-state index contributed by atoms with van der Waals surface area (Å²) < 4.78 is 29.4. The van der Waals surface area contributed by atoms with E-state index in [4.69, 9.17) is 25.4 Å². The minimum absolute atomic E-state index is 0.184. The Bertz CT molecular complexity index is 2370. The van der Waals surface area contributed by atoms with E-state index >= 15 is 0 Å². The van der Waals surface area contributed by atoms with Gasteiger partial charge in [0.2, 0.25) is 17.8 Å². The molecule has 0 bridgehead atoms. The number of hydrogen-bond acceptors (Lipinski definition) is 13. The first kappa shape index (κ1) is 43.6. The Labute approximate surface area is 360 Å². The summed E-state index contributed by atoms with van der Waals surface area (Å²) in [4.78, 5) is 50.0. The zero-order valence-corrected chi connectivity index (χ0v) is 36.1. The Morgan fingerprint density at radius 1 is 0.934 bits per heavy atom. The number of para-hydroxylation sites is 1. The molecule has 61 heavy (non-hydrogen) atoms. The van der Waals surface area contributed by atoms with Gasteiger partial charge in [0, 0.05) is 75.6 Å². The summed E-state index contributed by atoms with van der Waals surface area (Å²) in [5.41, 5.74) is 4.48. The number of unbranched alkanes of at least 4 members (excludes halogenated alkanes) is 3. The van der Waals surface area contributed by atoms with Gasteiger partial charge < -0.3 is 39.5 Å². The largest absolute Gasteiger partial charge is 0.494 e. The lowest BCUT2D eigenvalue weighted by Gasteiger charge is -2.34. The van der Waals surface area contributed by atoms with Crippen molar-refractivity contribution in [3.05, 3.63) is 88.6 Å². The Morgan fingerprint density at radius 2 is 1.74 bits per heavy atom. The number of ether oxygens (including phenoxy) is 1. The zero-order valence-electron chi connectivity index (χ0n) is 34.5. The van der Waals surface area contributed by atoms with E-state index in [1.165, 1.54) is 20.4 Å². The number of piperidine rings is 2. The van der Waals surface area contributed by atoms with E-state index in [0.717, 1.165) is 75.0 Å². The van der Waals surface area contributed by atoms with Crippen LogP contribution in [-0.2, 0) is 29.7 Å². The van der Waals surface area contributed by atoms with Crippen molar-refractivity contribution >= 4 is 71.1 Å². The number of hydrogen-bond donors (Lipinski definition) is 4. The molecule has 3 aromatic carbocycles. The molecule has 320 valence electrons. The Hall–Kier alpha value is -5.49. The predicted molar refractivity (Wildman–Crippen MR) is 235 cm³/mol. The molecular formula is C44H50ClN8O7P. The third-order valence-corrected chi connectivity index (χ3v) is 13.4. The van der Waals surface area contributed by atoms with Gasteiger partial charge in [-0.15, -0.1) is 0 Å². The fourth-order valence-electron chi connectivity index (χ4n) is 7.86. The molecule has 2 fully saturated rings. The van der Waals surface area contributed by atoms with Gasteiger partial charge in [-0.1, -0.05) is 48.1 Å². The van der Waals surface area contributed by atoms with Crippen LogP contribution < -0.4 is 36.2 Å². The summed E-state index contributed by atoms with van der Waals surface area (Å²) in [6, 6.07) is 18.3. The molecule has 0 spiro atoms. The predicted octanol–water partition coefficient (Wildman–Crippen LogP) is 6.67. The number of halogens is 1. The second-order valence-corrected chi connectivity index (χ2v) is 17.6. The van der Waals surface area contributed by atoms with E-state index in [1.807, 2.05) is 24.3 Å². The van der Waals surface area contributed by atoms with E-state index in [2.05, 4.69) is 54.0 Å². The van der Waals surface area contributed by atoms with Gasteiger partial charge in [-0.3, -0.25) is 24.3 Å². The number of carbonyl (C=O) groups excluding carboxylic acids is 3. The minimum atomic E-state index is -3.56.